The number of amides is 1. The number of oxazole rings is 1. The standard InChI is InChI=1S/C17H23FN6O2/c1-11-15(20-10-26-11)16(25)23(4)9-13-7-12(18)8-24(13)14-5-6-19-17(21-14)22(2)3/h5-6,10,12-13H,7-9H2,1-4H3/t12-,13-/m0/s1. The summed E-state index contributed by atoms with van der Waals surface area (Å²) in [5.74, 6) is 1.45. The van der Waals surface area contributed by atoms with Crippen molar-refractivity contribution in [2.75, 3.05) is 44.0 Å². The van der Waals surface area contributed by atoms with Crippen molar-refractivity contribution in [2.45, 2.75) is 25.6 Å². The molecule has 1 saturated heterocycles. The predicted octanol–water partition coefficient (Wildman–Crippen LogP) is 1.53. The lowest BCUT2D eigenvalue weighted by atomic mass is 10.2. The van der Waals surface area contributed by atoms with Gasteiger partial charge in [0, 0.05) is 40.3 Å². The summed E-state index contributed by atoms with van der Waals surface area (Å²) in [5, 5.41) is 0. The number of aryl methyl sites for hydroxylation is 1. The summed E-state index contributed by atoms with van der Waals surface area (Å²) in [6, 6.07) is 1.60. The number of alkyl halides is 1. The van der Waals surface area contributed by atoms with Crippen molar-refractivity contribution in [1.29, 1.82) is 0 Å². The van der Waals surface area contributed by atoms with E-state index in [0.717, 1.165) is 0 Å². The molecule has 2 aromatic heterocycles. The minimum atomic E-state index is -0.963. The molecule has 8 nitrogen and oxygen atoms in total. The Bertz CT molecular complexity index is 780. The van der Waals surface area contributed by atoms with Crippen molar-refractivity contribution in [3.8, 4) is 0 Å². The van der Waals surface area contributed by atoms with Gasteiger partial charge in [-0.25, -0.2) is 14.4 Å². The minimum Gasteiger partial charge on any atom is -0.448 e. The molecule has 3 rings (SSSR count). The van der Waals surface area contributed by atoms with E-state index in [4.69, 9.17) is 4.42 Å². The highest BCUT2D eigenvalue weighted by Crippen LogP contribution is 2.27. The number of carbonyl (C=O) groups is 1. The second-order valence-corrected chi connectivity index (χ2v) is 6.69. The fourth-order valence-electron chi connectivity index (χ4n) is 3.12. The number of nitrogens with zero attached hydrogens (tertiary/aromatic N) is 6. The highest BCUT2D eigenvalue weighted by Gasteiger charge is 2.35. The van der Waals surface area contributed by atoms with Gasteiger partial charge < -0.3 is 19.1 Å². The number of carbonyl (C=O) groups excluding carboxylic acids is 1. The van der Waals surface area contributed by atoms with Crippen LogP contribution in [0.2, 0.25) is 0 Å². The van der Waals surface area contributed by atoms with Crippen molar-refractivity contribution in [1.82, 2.24) is 19.9 Å². The fraction of sp³-hybridized carbons (Fsp3) is 0.529. The zero-order valence-electron chi connectivity index (χ0n) is 15.4. The first-order valence-electron chi connectivity index (χ1n) is 8.43. The summed E-state index contributed by atoms with van der Waals surface area (Å²) in [4.78, 5) is 30.4. The molecule has 26 heavy (non-hydrogen) atoms. The van der Waals surface area contributed by atoms with Crippen LogP contribution < -0.4 is 9.80 Å². The summed E-state index contributed by atoms with van der Waals surface area (Å²) in [6.07, 6.45) is 2.29. The SMILES string of the molecule is Cc1ocnc1C(=O)N(C)C[C@@H]1C[C@H](F)CN1c1ccnc(N(C)C)n1. The summed E-state index contributed by atoms with van der Waals surface area (Å²) in [7, 11) is 5.39. The lowest BCUT2D eigenvalue weighted by Gasteiger charge is -2.29. The Morgan fingerprint density at radius 3 is 2.81 bits per heavy atom. The van der Waals surface area contributed by atoms with E-state index in [9.17, 15) is 9.18 Å². The molecule has 2 atom stereocenters. The van der Waals surface area contributed by atoms with Crippen LogP contribution in [0.5, 0.6) is 0 Å². The van der Waals surface area contributed by atoms with Crippen LogP contribution in [0.3, 0.4) is 0 Å². The van der Waals surface area contributed by atoms with E-state index in [-0.39, 0.29) is 24.2 Å². The molecule has 140 valence electrons. The van der Waals surface area contributed by atoms with Crippen LogP contribution >= 0.6 is 0 Å². The minimum absolute atomic E-state index is 0.170. The second-order valence-electron chi connectivity index (χ2n) is 6.69. The first kappa shape index (κ1) is 18.1. The number of rotatable bonds is 5. The highest BCUT2D eigenvalue weighted by atomic mass is 19.1. The van der Waals surface area contributed by atoms with Crippen LogP contribution in [-0.2, 0) is 0 Å². The molecule has 1 amide bonds. The number of hydrogen-bond donors (Lipinski definition) is 0. The molecule has 1 fully saturated rings. The molecule has 0 unspecified atom stereocenters. The maximum Gasteiger partial charge on any atom is 0.275 e. The van der Waals surface area contributed by atoms with E-state index in [1.165, 1.54) is 6.39 Å². The third-order valence-electron chi connectivity index (χ3n) is 4.46. The maximum absolute atomic E-state index is 14.1. The summed E-state index contributed by atoms with van der Waals surface area (Å²) >= 11 is 0. The van der Waals surface area contributed by atoms with Crippen molar-refractivity contribution >= 4 is 17.7 Å². The van der Waals surface area contributed by atoms with E-state index in [1.54, 1.807) is 36.0 Å². The molecule has 1 aliphatic rings. The highest BCUT2D eigenvalue weighted by molar-refractivity contribution is 5.93. The average Bonchev–Trinajstić information content (AvgIpc) is 3.19. The van der Waals surface area contributed by atoms with Crippen molar-refractivity contribution in [3.63, 3.8) is 0 Å². The van der Waals surface area contributed by atoms with Crippen LogP contribution in [0, 0.1) is 6.92 Å². The van der Waals surface area contributed by atoms with Crippen LogP contribution in [-0.4, -0.2) is 72.2 Å². The zero-order chi connectivity index (χ0) is 18.8. The molecule has 0 radical (unpaired) electrons. The number of anilines is 2. The lowest BCUT2D eigenvalue weighted by molar-refractivity contribution is 0.0779. The quantitative estimate of drug-likeness (QED) is 0.798. The van der Waals surface area contributed by atoms with Crippen molar-refractivity contribution in [3.05, 3.63) is 30.1 Å². The molecule has 1 aliphatic heterocycles. The molecule has 0 N–H and O–H groups in total. The Kier molecular flexibility index (Phi) is 5.06. The zero-order valence-corrected chi connectivity index (χ0v) is 15.4. The van der Waals surface area contributed by atoms with Crippen molar-refractivity contribution < 1.29 is 13.6 Å². The lowest BCUT2D eigenvalue weighted by Crippen LogP contribution is -2.42. The van der Waals surface area contributed by atoms with Gasteiger partial charge in [-0.2, -0.15) is 4.98 Å². The van der Waals surface area contributed by atoms with Gasteiger partial charge in [-0.05, 0) is 13.0 Å². The largest absolute Gasteiger partial charge is 0.448 e. The third-order valence-corrected chi connectivity index (χ3v) is 4.46. The predicted molar refractivity (Wildman–Crippen MR) is 95.2 cm³/mol. The Hall–Kier alpha value is -2.71. The Morgan fingerprint density at radius 2 is 2.15 bits per heavy atom. The van der Waals surface area contributed by atoms with Gasteiger partial charge in [0.2, 0.25) is 5.95 Å². The maximum atomic E-state index is 14.1. The van der Waals surface area contributed by atoms with Crippen LogP contribution in [0.25, 0.3) is 0 Å². The molecular weight excluding hydrogens is 339 g/mol. The van der Waals surface area contributed by atoms with Gasteiger partial charge in [-0.1, -0.05) is 0 Å². The molecule has 0 bridgehead atoms. The van der Waals surface area contributed by atoms with Gasteiger partial charge in [0.15, 0.2) is 12.1 Å². The molecule has 0 spiro atoms. The smallest absolute Gasteiger partial charge is 0.275 e. The van der Waals surface area contributed by atoms with Crippen LogP contribution in [0.15, 0.2) is 23.1 Å². The topological polar surface area (TPSA) is 78.6 Å². The number of hydrogen-bond acceptors (Lipinski definition) is 7. The Balaban J connectivity index is 1.76. The van der Waals surface area contributed by atoms with Crippen LogP contribution in [0.4, 0.5) is 16.2 Å². The Labute approximate surface area is 151 Å². The third kappa shape index (κ3) is 3.61. The van der Waals surface area contributed by atoms with Gasteiger partial charge in [0.1, 0.15) is 17.7 Å². The summed E-state index contributed by atoms with van der Waals surface area (Å²) in [6.45, 7) is 2.31. The second kappa shape index (κ2) is 7.27. The van der Waals surface area contributed by atoms with Gasteiger partial charge in [-0.3, -0.25) is 4.79 Å². The van der Waals surface area contributed by atoms with Gasteiger partial charge >= 0.3 is 0 Å². The molecule has 9 heteroatoms. The number of aromatic nitrogens is 3. The normalized spacial score (nSPS) is 19.7. The molecule has 2 aromatic rings. The van der Waals surface area contributed by atoms with E-state index < -0.39 is 6.17 Å². The fourth-order valence-corrected chi connectivity index (χ4v) is 3.12. The molecule has 0 saturated carbocycles. The first-order valence-corrected chi connectivity index (χ1v) is 8.43. The van der Waals surface area contributed by atoms with Gasteiger partial charge in [0.05, 0.1) is 12.6 Å². The van der Waals surface area contributed by atoms with E-state index in [1.807, 2.05) is 19.0 Å². The van der Waals surface area contributed by atoms with E-state index in [2.05, 4.69) is 15.0 Å². The molecular formula is C17H23FN6O2. The Morgan fingerprint density at radius 1 is 1.38 bits per heavy atom. The van der Waals surface area contributed by atoms with Crippen molar-refractivity contribution in [2.24, 2.45) is 0 Å². The van der Waals surface area contributed by atoms with E-state index in [0.29, 0.717) is 30.5 Å². The average molecular weight is 362 g/mol. The molecule has 0 aliphatic carbocycles. The van der Waals surface area contributed by atoms with Crippen LogP contribution in [0.1, 0.15) is 22.7 Å². The first-order chi connectivity index (χ1) is 12.4. The molecule has 3 heterocycles. The summed E-state index contributed by atoms with van der Waals surface area (Å²) < 4.78 is 19.2. The molecule has 0 aromatic carbocycles. The number of likely N-dealkylation sites (N-methyl/N-ethyl adjacent to an activating group) is 1. The van der Waals surface area contributed by atoms with E-state index >= 15 is 0 Å². The van der Waals surface area contributed by atoms with Gasteiger partial charge in [0.25, 0.3) is 5.91 Å². The van der Waals surface area contributed by atoms with Gasteiger partial charge in [-0.15, -0.1) is 0 Å². The summed E-state index contributed by atoms with van der Waals surface area (Å²) in [5.41, 5.74) is 0.283. The number of halogens is 1. The monoisotopic (exact) mass is 362 g/mol.